The molecule has 3 amide bonds. The summed E-state index contributed by atoms with van der Waals surface area (Å²) in [6.07, 6.45) is 3.38. The summed E-state index contributed by atoms with van der Waals surface area (Å²) in [7, 11) is 1.60. The van der Waals surface area contributed by atoms with Crippen molar-refractivity contribution in [1.82, 2.24) is 20.1 Å². The molecule has 48 heavy (non-hydrogen) atoms. The van der Waals surface area contributed by atoms with Crippen LogP contribution in [0.25, 0.3) is 0 Å². The van der Waals surface area contributed by atoms with Gasteiger partial charge in [0.1, 0.15) is 5.56 Å². The number of fused-ring (bicyclic) bond motifs is 1. The molecule has 0 saturated carbocycles. The van der Waals surface area contributed by atoms with Gasteiger partial charge in [-0.1, -0.05) is 84.9 Å². The molecule has 0 spiro atoms. The van der Waals surface area contributed by atoms with Crippen LogP contribution in [0.2, 0.25) is 0 Å². The molecule has 4 aromatic rings. The summed E-state index contributed by atoms with van der Waals surface area (Å²) in [6.45, 7) is 0.883. The first-order valence-electron chi connectivity index (χ1n) is 16.2. The molecule has 1 aliphatic heterocycles. The van der Waals surface area contributed by atoms with E-state index in [2.05, 4.69) is 10.6 Å². The highest BCUT2D eigenvalue weighted by atomic mass is 16.4. The van der Waals surface area contributed by atoms with Crippen molar-refractivity contribution < 1.29 is 24.3 Å². The molecule has 0 radical (unpaired) electrons. The van der Waals surface area contributed by atoms with Crippen molar-refractivity contribution in [3.63, 3.8) is 0 Å². The van der Waals surface area contributed by atoms with Gasteiger partial charge in [-0.2, -0.15) is 0 Å². The van der Waals surface area contributed by atoms with Crippen molar-refractivity contribution in [2.24, 2.45) is 7.05 Å². The van der Waals surface area contributed by atoms with Gasteiger partial charge in [-0.25, -0.2) is 4.79 Å². The molecule has 3 atom stereocenters. The fourth-order valence-corrected chi connectivity index (χ4v) is 7.17. The lowest BCUT2D eigenvalue weighted by Gasteiger charge is -2.43. The summed E-state index contributed by atoms with van der Waals surface area (Å²) >= 11 is 0. The van der Waals surface area contributed by atoms with Gasteiger partial charge in [-0.15, -0.1) is 0 Å². The average Bonchev–Trinajstić information content (AvgIpc) is 3.11. The fraction of sp³-hybridized carbons (Fsp3) is 0.289. The van der Waals surface area contributed by atoms with Gasteiger partial charge in [0.05, 0.1) is 11.3 Å². The minimum atomic E-state index is -1.25. The number of carbonyl (C=O) groups excluding carboxylic acids is 3. The van der Waals surface area contributed by atoms with Crippen LogP contribution in [-0.2, 0) is 26.8 Å². The summed E-state index contributed by atoms with van der Waals surface area (Å²) in [5.41, 5.74) is 1.12. The van der Waals surface area contributed by atoms with Gasteiger partial charge >= 0.3 is 5.97 Å². The number of likely N-dealkylation sites (tertiary alicyclic amines) is 1. The molecule has 1 fully saturated rings. The summed E-state index contributed by atoms with van der Waals surface area (Å²) in [5.74, 6) is -2.56. The molecular weight excluding hydrogens is 608 g/mol. The van der Waals surface area contributed by atoms with Crippen molar-refractivity contribution >= 4 is 23.7 Å². The maximum absolute atomic E-state index is 14.5. The van der Waals surface area contributed by atoms with E-state index in [1.807, 2.05) is 59.5 Å². The number of carboxylic acid groups (broad SMARTS) is 1. The number of carboxylic acids is 1. The maximum Gasteiger partial charge on any atom is 0.330 e. The molecular formula is C38H38N4O6. The number of hydrogen-bond acceptors (Lipinski definition) is 5. The molecule has 1 aromatic heterocycles. The zero-order chi connectivity index (χ0) is 33.8. The van der Waals surface area contributed by atoms with E-state index in [1.54, 1.807) is 49.6 Å². The van der Waals surface area contributed by atoms with Crippen molar-refractivity contribution in [2.45, 2.75) is 49.1 Å². The van der Waals surface area contributed by atoms with E-state index in [0.29, 0.717) is 49.9 Å². The number of aromatic nitrogens is 1. The Morgan fingerprint density at radius 3 is 2.17 bits per heavy atom. The fourth-order valence-electron chi connectivity index (χ4n) is 7.17. The van der Waals surface area contributed by atoms with Crippen LogP contribution in [0, 0.1) is 0 Å². The van der Waals surface area contributed by atoms with Crippen molar-refractivity contribution in [3.8, 4) is 0 Å². The Labute approximate surface area is 278 Å². The topological polar surface area (TPSA) is 138 Å². The number of nitrogens with one attached hydrogen (secondary N) is 2. The van der Waals surface area contributed by atoms with E-state index >= 15 is 0 Å². The van der Waals surface area contributed by atoms with E-state index in [-0.39, 0.29) is 23.1 Å². The lowest BCUT2D eigenvalue weighted by Crippen LogP contribution is -2.52. The second-order valence-corrected chi connectivity index (χ2v) is 12.5. The smallest absolute Gasteiger partial charge is 0.330 e. The number of amides is 3. The van der Waals surface area contributed by atoms with Crippen LogP contribution in [0.5, 0.6) is 0 Å². The molecule has 10 nitrogen and oxygen atoms in total. The third-order valence-electron chi connectivity index (χ3n) is 9.72. The zero-order valence-electron chi connectivity index (χ0n) is 26.7. The van der Waals surface area contributed by atoms with Crippen LogP contribution in [0.4, 0.5) is 0 Å². The van der Waals surface area contributed by atoms with Crippen LogP contribution < -0.4 is 16.2 Å². The molecule has 3 aromatic carbocycles. The number of hydrogen-bond donors (Lipinski definition) is 3. The molecule has 2 heterocycles. The van der Waals surface area contributed by atoms with Gasteiger partial charge < -0.3 is 25.2 Å². The third kappa shape index (κ3) is 6.13. The average molecular weight is 647 g/mol. The number of aryl methyl sites for hydroxylation is 1. The highest BCUT2D eigenvalue weighted by Gasteiger charge is 2.49. The van der Waals surface area contributed by atoms with Gasteiger partial charge in [-0.05, 0) is 60.1 Å². The first-order chi connectivity index (χ1) is 23.2. The van der Waals surface area contributed by atoms with Crippen molar-refractivity contribution in [1.29, 1.82) is 0 Å². The minimum absolute atomic E-state index is 0.0427. The Bertz CT molecular complexity index is 1880. The third-order valence-corrected chi connectivity index (χ3v) is 9.72. The first kappa shape index (κ1) is 32.4. The predicted molar refractivity (Wildman–Crippen MR) is 179 cm³/mol. The van der Waals surface area contributed by atoms with E-state index < -0.39 is 35.2 Å². The summed E-state index contributed by atoms with van der Waals surface area (Å²) in [5, 5.41) is 15.9. The highest BCUT2D eigenvalue weighted by Crippen LogP contribution is 2.48. The lowest BCUT2D eigenvalue weighted by molar-refractivity contribution is -0.143. The van der Waals surface area contributed by atoms with E-state index in [0.717, 1.165) is 11.1 Å². The summed E-state index contributed by atoms with van der Waals surface area (Å²) in [4.78, 5) is 68.1. The van der Waals surface area contributed by atoms with Crippen LogP contribution in [-0.4, -0.2) is 57.4 Å². The maximum atomic E-state index is 14.5. The highest BCUT2D eigenvalue weighted by molar-refractivity contribution is 5.97. The Kier molecular flexibility index (Phi) is 9.25. The predicted octanol–water partition coefficient (Wildman–Crippen LogP) is 3.91. The molecule has 2 aliphatic rings. The SMILES string of the molecule is Cn1cccc(C(=O)NC2CCN(C(=O)[C@H]3CC[C@@](C(=O)N[C@H](C(=O)O)c4ccccc4)(c4ccccc4)c4ccccc43)CC2)c1=O. The number of pyridine rings is 1. The number of piperidine rings is 1. The molecule has 0 bridgehead atoms. The van der Waals surface area contributed by atoms with Gasteiger partial charge in [0, 0.05) is 32.4 Å². The van der Waals surface area contributed by atoms with Crippen molar-refractivity contribution in [2.75, 3.05) is 13.1 Å². The number of benzene rings is 3. The molecule has 1 saturated heterocycles. The van der Waals surface area contributed by atoms with Crippen molar-refractivity contribution in [3.05, 3.63) is 141 Å². The number of nitrogens with zero attached hydrogens (tertiary/aromatic N) is 2. The van der Waals surface area contributed by atoms with Crippen LogP contribution in [0.1, 0.15) is 70.3 Å². The lowest BCUT2D eigenvalue weighted by atomic mass is 9.62. The van der Waals surface area contributed by atoms with Gasteiger partial charge in [0.15, 0.2) is 6.04 Å². The Morgan fingerprint density at radius 1 is 0.833 bits per heavy atom. The number of aliphatic carboxylic acids is 1. The standard InChI is InChI=1S/C38H38N4O6/c1-41-22-10-16-30(34(41)44)33(43)39-27-19-23-42(24-20-27)35(45)29-18-21-38(26-13-6-3-7-14-26,31-17-9-8-15-28(29)31)37(48)40-32(36(46)47)25-11-4-2-5-12-25/h2-17,22,27,29,32H,18-21,23-24H2,1H3,(H,39,43)(H,40,48)(H,46,47)/t29-,32-,38+/m0/s1. The monoisotopic (exact) mass is 646 g/mol. The van der Waals surface area contributed by atoms with Crippen LogP contribution in [0.15, 0.2) is 108 Å². The largest absolute Gasteiger partial charge is 0.479 e. The first-order valence-corrected chi connectivity index (χ1v) is 16.2. The minimum Gasteiger partial charge on any atom is -0.479 e. The summed E-state index contributed by atoms with van der Waals surface area (Å²) in [6, 6.07) is 27.1. The Morgan fingerprint density at radius 2 is 1.48 bits per heavy atom. The quantitative estimate of drug-likeness (QED) is 0.266. The normalized spacial score (nSPS) is 19.9. The number of rotatable bonds is 8. The summed E-state index contributed by atoms with van der Waals surface area (Å²) < 4.78 is 1.36. The van der Waals surface area contributed by atoms with Gasteiger partial charge in [0.2, 0.25) is 11.8 Å². The zero-order valence-corrected chi connectivity index (χ0v) is 26.7. The molecule has 6 rings (SSSR count). The van der Waals surface area contributed by atoms with E-state index in [4.69, 9.17) is 0 Å². The second kappa shape index (κ2) is 13.7. The molecule has 3 N–H and O–H groups in total. The molecule has 1 aliphatic carbocycles. The Hall–Kier alpha value is -5.51. The Balaban J connectivity index is 1.24. The van der Waals surface area contributed by atoms with Crippen LogP contribution in [0.3, 0.4) is 0 Å². The van der Waals surface area contributed by atoms with Gasteiger partial charge in [0.25, 0.3) is 11.5 Å². The number of carbonyl (C=O) groups is 4. The molecule has 246 valence electrons. The molecule has 10 heteroatoms. The van der Waals surface area contributed by atoms with Crippen LogP contribution >= 0.6 is 0 Å². The van der Waals surface area contributed by atoms with E-state index in [1.165, 1.54) is 10.6 Å². The van der Waals surface area contributed by atoms with E-state index in [9.17, 15) is 29.1 Å². The second-order valence-electron chi connectivity index (χ2n) is 12.5. The molecule has 0 unspecified atom stereocenters. The van der Waals surface area contributed by atoms with Gasteiger partial charge in [-0.3, -0.25) is 19.2 Å².